The van der Waals surface area contributed by atoms with Gasteiger partial charge in [-0.05, 0) is 57.0 Å². The van der Waals surface area contributed by atoms with E-state index in [1.54, 1.807) is 0 Å². The first-order valence-corrected chi connectivity index (χ1v) is 8.54. The van der Waals surface area contributed by atoms with Crippen molar-refractivity contribution < 1.29 is 4.74 Å². The third-order valence-corrected chi connectivity index (χ3v) is 4.17. The zero-order chi connectivity index (χ0) is 16.5. The second-order valence-corrected chi connectivity index (χ2v) is 6.53. The molecule has 1 saturated carbocycles. The Kier molecular flexibility index (Phi) is 7.20. The first-order chi connectivity index (χ1) is 11.1. The van der Waals surface area contributed by atoms with E-state index in [9.17, 15) is 0 Å². The Labute approximate surface area is 139 Å². The molecule has 128 valence electrons. The van der Waals surface area contributed by atoms with E-state index < -0.39 is 0 Å². The predicted molar refractivity (Wildman–Crippen MR) is 95.8 cm³/mol. The number of benzene rings is 1. The molecule has 2 rings (SSSR count). The van der Waals surface area contributed by atoms with Crippen LogP contribution in [0.3, 0.4) is 0 Å². The van der Waals surface area contributed by atoms with Crippen molar-refractivity contribution in [1.29, 1.82) is 0 Å². The van der Waals surface area contributed by atoms with Crippen LogP contribution in [0.5, 0.6) is 5.75 Å². The number of hydrogen-bond acceptors (Lipinski definition) is 3. The predicted octanol–water partition coefficient (Wildman–Crippen LogP) is 2.22. The summed E-state index contributed by atoms with van der Waals surface area (Å²) >= 11 is 0. The molecule has 5 nitrogen and oxygen atoms in total. The molecule has 0 amide bonds. The molecule has 1 aliphatic rings. The third kappa shape index (κ3) is 6.91. The second-order valence-electron chi connectivity index (χ2n) is 6.53. The van der Waals surface area contributed by atoms with Gasteiger partial charge < -0.3 is 20.7 Å². The molecular weight excluding hydrogens is 288 g/mol. The molecule has 23 heavy (non-hydrogen) atoms. The summed E-state index contributed by atoms with van der Waals surface area (Å²) in [4.78, 5) is 6.55. The van der Waals surface area contributed by atoms with Gasteiger partial charge in [0.15, 0.2) is 5.96 Å². The lowest BCUT2D eigenvalue weighted by atomic mass is 9.85. The molecule has 0 atom stereocenters. The highest BCUT2D eigenvalue weighted by Crippen LogP contribution is 2.25. The number of aliphatic imine (C=N–C) groups is 1. The maximum atomic E-state index is 5.89. The Balaban J connectivity index is 1.67. The normalized spacial score (nSPS) is 15.5. The van der Waals surface area contributed by atoms with Crippen LogP contribution in [0, 0.1) is 5.92 Å². The summed E-state index contributed by atoms with van der Waals surface area (Å²) in [7, 11) is 4.14. The lowest BCUT2D eigenvalue weighted by Gasteiger charge is -2.25. The van der Waals surface area contributed by atoms with E-state index in [4.69, 9.17) is 10.5 Å². The largest absolute Gasteiger partial charge is 0.494 e. The van der Waals surface area contributed by atoms with Crippen LogP contribution in [0.25, 0.3) is 0 Å². The van der Waals surface area contributed by atoms with Gasteiger partial charge in [0.1, 0.15) is 5.75 Å². The highest BCUT2D eigenvalue weighted by Gasteiger charge is 2.16. The van der Waals surface area contributed by atoms with E-state index in [1.807, 2.05) is 24.3 Å². The summed E-state index contributed by atoms with van der Waals surface area (Å²) in [5, 5.41) is 3.21. The quantitative estimate of drug-likeness (QED) is 0.416. The zero-order valence-electron chi connectivity index (χ0n) is 14.4. The van der Waals surface area contributed by atoms with E-state index in [1.165, 1.54) is 19.3 Å². The van der Waals surface area contributed by atoms with Crippen molar-refractivity contribution in [3.63, 3.8) is 0 Å². The summed E-state index contributed by atoms with van der Waals surface area (Å²) in [6, 6.07) is 8.09. The van der Waals surface area contributed by atoms with Crippen LogP contribution < -0.4 is 15.8 Å². The van der Waals surface area contributed by atoms with Crippen molar-refractivity contribution in [1.82, 2.24) is 10.2 Å². The summed E-state index contributed by atoms with van der Waals surface area (Å²) in [6.07, 6.45) is 5.02. The molecular formula is C18H30N4O. The second kappa shape index (κ2) is 9.40. The van der Waals surface area contributed by atoms with Gasteiger partial charge in [0.2, 0.25) is 0 Å². The molecule has 1 fully saturated rings. The Morgan fingerprint density at radius 2 is 2.04 bits per heavy atom. The van der Waals surface area contributed by atoms with Crippen LogP contribution >= 0.6 is 0 Å². The molecule has 0 heterocycles. The average Bonchev–Trinajstić information content (AvgIpc) is 2.49. The SMILES string of the molecule is CN(C)CCCOc1ccc(CN=C(N)NCC2CCC2)cc1. The fourth-order valence-corrected chi connectivity index (χ4v) is 2.44. The van der Waals surface area contributed by atoms with E-state index >= 15 is 0 Å². The smallest absolute Gasteiger partial charge is 0.188 e. The van der Waals surface area contributed by atoms with Crippen LogP contribution in [0.15, 0.2) is 29.3 Å². The minimum Gasteiger partial charge on any atom is -0.494 e. The van der Waals surface area contributed by atoms with Crippen molar-refractivity contribution in [2.45, 2.75) is 32.2 Å². The summed E-state index contributed by atoms with van der Waals surface area (Å²) < 4.78 is 5.72. The highest BCUT2D eigenvalue weighted by molar-refractivity contribution is 5.77. The Hall–Kier alpha value is -1.75. The van der Waals surface area contributed by atoms with Gasteiger partial charge in [-0.3, -0.25) is 0 Å². The van der Waals surface area contributed by atoms with Gasteiger partial charge in [-0.1, -0.05) is 18.6 Å². The molecule has 0 radical (unpaired) electrons. The van der Waals surface area contributed by atoms with E-state index in [0.29, 0.717) is 12.5 Å². The molecule has 0 spiro atoms. The molecule has 3 N–H and O–H groups in total. The van der Waals surface area contributed by atoms with Crippen LogP contribution in [0.2, 0.25) is 0 Å². The summed E-state index contributed by atoms with van der Waals surface area (Å²) in [5.41, 5.74) is 7.03. The number of nitrogens with two attached hydrogens (primary N) is 1. The highest BCUT2D eigenvalue weighted by atomic mass is 16.5. The lowest BCUT2D eigenvalue weighted by Crippen LogP contribution is -2.37. The van der Waals surface area contributed by atoms with Gasteiger partial charge in [-0.15, -0.1) is 0 Å². The van der Waals surface area contributed by atoms with Gasteiger partial charge in [0, 0.05) is 13.1 Å². The number of guanidine groups is 1. The zero-order valence-corrected chi connectivity index (χ0v) is 14.4. The van der Waals surface area contributed by atoms with Gasteiger partial charge in [0.05, 0.1) is 13.2 Å². The van der Waals surface area contributed by atoms with Crippen LogP contribution in [-0.4, -0.2) is 44.7 Å². The van der Waals surface area contributed by atoms with Gasteiger partial charge >= 0.3 is 0 Å². The number of nitrogens with zero attached hydrogens (tertiary/aromatic N) is 2. The van der Waals surface area contributed by atoms with E-state index in [-0.39, 0.29) is 0 Å². The Morgan fingerprint density at radius 1 is 1.30 bits per heavy atom. The average molecular weight is 318 g/mol. The molecule has 0 aromatic heterocycles. The molecule has 0 bridgehead atoms. The molecule has 0 unspecified atom stereocenters. The molecule has 0 aliphatic heterocycles. The Bertz CT molecular complexity index is 480. The monoisotopic (exact) mass is 318 g/mol. The fourth-order valence-electron chi connectivity index (χ4n) is 2.44. The number of rotatable bonds is 9. The molecule has 1 aromatic rings. The summed E-state index contributed by atoms with van der Waals surface area (Å²) in [5.74, 6) is 2.24. The molecule has 1 aromatic carbocycles. The number of nitrogens with one attached hydrogen (secondary N) is 1. The van der Waals surface area contributed by atoms with Crippen LogP contribution in [0.4, 0.5) is 0 Å². The van der Waals surface area contributed by atoms with Crippen molar-refractivity contribution in [3.05, 3.63) is 29.8 Å². The van der Waals surface area contributed by atoms with Crippen molar-refractivity contribution in [3.8, 4) is 5.75 Å². The first kappa shape index (κ1) is 17.6. The number of ether oxygens (including phenoxy) is 1. The summed E-state index contributed by atoms with van der Waals surface area (Å²) in [6.45, 7) is 3.34. The number of hydrogen-bond donors (Lipinski definition) is 2. The molecule has 5 heteroatoms. The lowest BCUT2D eigenvalue weighted by molar-refractivity contribution is 0.281. The first-order valence-electron chi connectivity index (χ1n) is 8.54. The molecule has 1 aliphatic carbocycles. The minimum absolute atomic E-state index is 0.543. The maximum absolute atomic E-state index is 5.89. The van der Waals surface area contributed by atoms with E-state index in [0.717, 1.165) is 43.3 Å². The van der Waals surface area contributed by atoms with Gasteiger partial charge in [-0.2, -0.15) is 0 Å². The molecule has 0 saturated heterocycles. The Morgan fingerprint density at radius 3 is 2.65 bits per heavy atom. The topological polar surface area (TPSA) is 62.9 Å². The van der Waals surface area contributed by atoms with Gasteiger partial charge in [-0.25, -0.2) is 4.99 Å². The van der Waals surface area contributed by atoms with Crippen molar-refractivity contribution >= 4 is 5.96 Å². The fraction of sp³-hybridized carbons (Fsp3) is 0.611. The van der Waals surface area contributed by atoms with Crippen LogP contribution in [-0.2, 0) is 6.54 Å². The van der Waals surface area contributed by atoms with E-state index in [2.05, 4.69) is 29.3 Å². The van der Waals surface area contributed by atoms with Crippen LogP contribution in [0.1, 0.15) is 31.2 Å². The van der Waals surface area contributed by atoms with Crippen molar-refractivity contribution in [2.75, 3.05) is 33.8 Å². The standard InChI is InChI=1S/C18H30N4O/c1-22(2)11-4-12-23-17-9-7-16(8-10-17)14-21-18(19)20-13-15-5-3-6-15/h7-10,15H,3-6,11-14H2,1-2H3,(H3,19,20,21). The third-order valence-electron chi connectivity index (χ3n) is 4.17. The van der Waals surface area contributed by atoms with Gasteiger partial charge in [0.25, 0.3) is 0 Å². The minimum atomic E-state index is 0.543. The van der Waals surface area contributed by atoms with Crippen molar-refractivity contribution in [2.24, 2.45) is 16.6 Å². The maximum Gasteiger partial charge on any atom is 0.188 e.